The van der Waals surface area contributed by atoms with Crippen LogP contribution in [0.5, 0.6) is 0 Å². The molecule has 0 unspecified atom stereocenters. The molecule has 0 aliphatic heterocycles. The minimum Gasteiger partial charge on any atom is -0.223 e. The largest absolute Gasteiger partial charge is 0.223 e. The molecule has 0 aliphatic carbocycles. The summed E-state index contributed by atoms with van der Waals surface area (Å²) in [7, 11) is -11.1. The van der Waals surface area contributed by atoms with Crippen molar-refractivity contribution < 1.29 is 25.3 Å². The number of benzene rings is 4. The third-order valence-corrected chi connectivity index (χ3v) is 12.0. The lowest BCUT2D eigenvalue weighted by Crippen LogP contribution is -2.17. The molecule has 38 heavy (non-hydrogen) atoms. The Kier molecular flexibility index (Phi) is 8.97. The van der Waals surface area contributed by atoms with Crippen LogP contribution < -0.4 is 0 Å². The highest BCUT2D eigenvalue weighted by molar-refractivity contribution is 8.08. The molecule has 4 rings (SSSR count). The molecule has 9 heteroatoms. The average molecular weight is 571 g/mol. The number of hydrogen-bond donors (Lipinski definition) is 0. The first kappa shape index (κ1) is 29.3. The van der Waals surface area contributed by atoms with E-state index < -0.39 is 34.6 Å². The van der Waals surface area contributed by atoms with Crippen LogP contribution in [0.2, 0.25) is 0 Å². The van der Waals surface area contributed by atoms with Gasteiger partial charge in [-0.25, -0.2) is 25.3 Å². The molecule has 0 amide bonds. The van der Waals surface area contributed by atoms with Gasteiger partial charge in [0, 0.05) is 0 Å². The maximum atomic E-state index is 12.3. The van der Waals surface area contributed by atoms with E-state index in [0.717, 1.165) is 22.3 Å². The van der Waals surface area contributed by atoms with E-state index in [-0.39, 0.29) is 9.79 Å². The van der Waals surface area contributed by atoms with Crippen LogP contribution in [0.1, 0.15) is 22.3 Å². The fraction of sp³-hybridized carbons (Fsp3) is 0.172. The zero-order valence-corrected chi connectivity index (χ0v) is 24.1. The van der Waals surface area contributed by atoms with Crippen molar-refractivity contribution in [2.45, 2.75) is 47.3 Å². The Hall–Kier alpha value is -3.27. The van der Waals surface area contributed by atoms with Crippen LogP contribution in [-0.4, -0.2) is 30.3 Å². The molecule has 0 bridgehead atoms. The highest BCUT2D eigenvalue weighted by atomic mass is 32.3. The van der Waals surface area contributed by atoms with E-state index in [1.807, 2.05) is 27.7 Å². The van der Waals surface area contributed by atoms with E-state index in [4.69, 9.17) is 0 Å². The van der Waals surface area contributed by atoms with Crippen LogP contribution in [0.25, 0.3) is 0 Å². The van der Waals surface area contributed by atoms with Gasteiger partial charge < -0.3 is 0 Å². The Balaban J connectivity index is 0.000000215. The van der Waals surface area contributed by atoms with Gasteiger partial charge in [0.15, 0.2) is 24.8 Å². The molecular formula is C29H30O6S3. The number of aryl methyl sites for hydroxylation is 4. The van der Waals surface area contributed by atoms with Crippen LogP contribution >= 0.6 is 0 Å². The molecule has 0 N–H and O–H groups in total. The van der Waals surface area contributed by atoms with Crippen LogP contribution in [0, 0.1) is 27.7 Å². The fourth-order valence-corrected chi connectivity index (χ4v) is 8.49. The molecule has 0 spiro atoms. The highest BCUT2D eigenvalue weighted by Crippen LogP contribution is 2.22. The highest BCUT2D eigenvalue weighted by Gasteiger charge is 2.25. The minimum atomic E-state index is -3.88. The molecular weight excluding hydrogens is 541 g/mol. The molecule has 0 saturated carbocycles. The minimum absolute atomic E-state index is 0.0174. The maximum absolute atomic E-state index is 12.3. The number of rotatable bonds is 6. The summed E-state index contributed by atoms with van der Waals surface area (Å²) in [5.41, 5.74) is 3.92. The average Bonchev–Trinajstić information content (AvgIpc) is 2.85. The van der Waals surface area contributed by atoms with E-state index in [0.29, 0.717) is 9.79 Å². The van der Waals surface area contributed by atoms with Crippen molar-refractivity contribution in [1.82, 2.24) is 0 Å². The summed E-state index contributed by atoms with van der Waals surface area (Å²) in [6.45, 7) is 7.53. The smallest absolute Gasteiger partial charge is 0.206 e. The van der Waals surface area contributed by atoms with Gasteiger partial charge in [0.2, 0.25) is 9.84 Å². The van der Waals surface area contributed by atoms with Gasteiger partial charge in [-0.3, -0.25) is 0 Å². The van der Waals surface area contributed by atoms with Crippen molar-refractivity contribution in [3.05, 3.63) is 119 Å². The van der Waals surface area contributed by atoms with Crippen molar-refractivity contribution in [1.29, 1.82) is 0 Å². The van der Waals surface area contributed by atoms with Crippen molar-refractivity contribution in [2.24, 2.45) is 0 Å². The monoisotopic (exact) mass is 570 g/mol. The van der Waals surface area contributed by atoms with Gasteiger partial charge in [0.1, 0.15) is 0 Å². The van der Waals surface area contributed by atoms with Gasteiger partial charge in [-0.05, 0) is 76.2 Å². The first-order valence-corrected chi connectivity index (χ1v) is 16.5. The Labute approximate surface area is 225 Å². The van der Waals surface area contributed by atoms with E-state index >= 15 is 0 Å². The molecule has 200 valence electrons. The second-order valence-corrected chi connectivity index (χ2v) is 15.4. The van der Waals surface area contributed by atoms with E-state index in [1.54, 1.807) is 72.8 Å². The van der Waals surface area contributed by atoms with Crippen molar-refractivity contribution >= 4 is 29.5 Å². The van der Waals surface area contributed by atoms with E-state index in [1.165, 1.54) is 24.3 Å². The topological polar surface area (TPSA) is 102 Å². The molecule has 6 nitrogen and oxygen atoms in total. The summed E-state index contributed by atoms with van der Waals surface area (Å²) >= 11 is 0. The summed E-state index contributed by atoms with van der Waals surface area (Å²) in [5, 5.41) is -0.924. The van der Waals surface area contributed by atoms with Gasteiger partial charge in [-0.2, -0.15) is 0 Å². The van der Waals surface area contributed by atoms with Crippen LogP contribution in [0.15, 0.2) is 117 Å². The summed E-state index contributed by atoms with van der Waals surface area (Å²) in [4.78, 5) is 0.714. The molecule has 0 aromatic heterocycles. The normalized spacial score (nSPS) is 11.9. The molecule has 4 aromatic carbocycles. The van der Waals surface area contributed by atoms with Gasteiger partial charge in [-0.15, -0.1) is 0 Å². The quantitative estimate of drug-likeness (QED) is 0.297. The van der Waals surface area contributed by atoms with Crippen LogP contribution in [0.3, 0.4) is 0 Å². The summed E-state index contributed by atoms with van der Waals surface area (Å²) < 4.78 is 73.4. The van der Waals surface area contributed by atoms with E-state index in [9.17, 15) is 25.3 Å². The molecule has 0 atom stereocenters. The Morgan fingerprint density at radius 2 is 0.579 bits per heavy atom. The SMILES string of the molecule is Cc1ccc(S(=O)(=O)CS(=O)(=O)c2ccc(C)cc2)cc1.Cc1ccc(S(=O)(=O)c2ccc(C)cc2)cc1. The van der Waals surface area contributed by atoms with E-state index in [2.05, 4.69) is 0 Å². The second-order valence-electron chi connectivity index (χ2n) is 9.10. The van der Waals surface area contributed by atoms with Crippen molar-refractivity contribution in [3.8, 4) is 0 Å². The number of sulfone groups is 3. The van der Waals surface area contributed by atoms with Gasteiger partial charge in [0.25, 0.3) is 0 Å². The molecule has 0 radical (unpaired) electrons. The Bertz CT molecular complexity index is 1580. The standard InChI is InChI=1S/C15H16O4S2.C14H14O2S/c1-12-3-7-14(8-4-12)20(16,17)11-21(18,19)15-9-5-13(2)6-10-15;1-11-3-7-13(8-4-11)17(15,16)14-9-5-12(2)6-10-14/h3-10H,11H2,1-2H3;3-10H,1-2H3. The molecule has 4 aromatic rings. The van der Waals surface area contributed by atoms with Gasteiger partial charge in [0.05, 0.1) is 19.6 Å². The van der Waals surface area contributed by atoms with Crippen LogP contribution in [0.4, 0.5) is 0 Å². The maximum Gasteiger partial charge on any atom is 0.206 e. The third-order valence-electron chi connectivity index (χ3n) is 5.73. The Morgan fingerprint density at radius 1 is 0.368 bits per heavy atom. The molecule has 0 saturated heterocycles. The number of hydrogen-bond acceptors (Lipinski definition) is 6. The summed E-state index contributed by atoms with van der Waals surface area (Å²) in [5.74, 6) is 0. The lowest BCUT2D eigenvalue weighted by atomic mass is 10.2. The first-order chi connectivity index (χ1) is 17.7. The lowest BCUT2D eigenvalue weighted by Gasteiger charge is -2.07. The predicted octanol–water partition coefficient (Wildman–Crippen LogP) is 5.64. The zero-order chi connectivity index (χ0) is 28.1. The summed E-state index contributed by atoms with van der Waals surface area (Å²) in [6.07, 6.45) is 0. The van der Waals surface area contributed by atoms with Crippen molar-refractivity contribution in [2.75, 3.05) is 5.08 Å². The van der Waals surface area contributed by atoms with Gasteiger partial charge in [-0.1, -0.05) is 70.8 Å². The second kappa shape index (κ2) is 11.6. The molecule has 0 fully saturated rings. The third kappa shape index (κ3) is 7.40. The van der Waals surface area contributed by atoms with Crippen LogP contribution in [-0.2, 0) is 29.5 Å². The lowest BCUT2D eigenvalue weighted by molar-refractivity contribution is 0.588. The summed E-state index contributed by atoms with van der Waals surface area (Å²) in [6, 6.07) is 26.1. The first-order valence-electron chi connectivity index (χ1n) is 11.7. The fourth-order valence-electron chi connectivity index (χ4n) is 3.40. The molecule has 0 aliphatic rings. The zero-order valence-electron chi connectivity index (χ0n) is 21.6. The Morgan fingerprint density at radius 3 is 0.816 bits per heavy atom. The molecule has 0 heterocycles. The predicted molar refractivity (Wildman–Crippen MR) is 149 cm³/mol. The van der Waals surface area contributed by atoms with Gasteiger partial charge >= 0.3 is 0 Å². The van der Waals surface area contributed by atoms with Crippen molar-refractivity contribution in [3.63, 3.8) is 0 Å².